The van der Waals surface area contributed by atoms with Crippen LogP contribution in [0.15, 0.2) is 18.2 Å². The Morgan fingerprint density at radius 2 is 2.00 bits per heavy atom. The lowest BCUT2D eigenvalue weighted by atomic mass is 9.93. The van der Waals surface area contributed by atoms with Crippen molar-refractivity contribution >= 4 is 5.91 Å². The summed E-state index contributed by atoms with van der Waals surface area (Å²) in [6, 6.07) is 6.10. The predicted octanol–water partition coefficient (Wildman–Crippen LogP) is 3.62. The standard InChI is InChI=1S/C16H25NO2/c1-7-13(17-15(18)16(3,4)5)12-8-9-14(19-6)11(2)10-12/h8-10,13H,7H2,1-6H3,(H,17,18)/t13-/m1/s1. The summed E-state index contributed by atoms with van der Waals surface area (Å²) >= 11 is 0. The van der Waals surface area contributed by atoms with Crippen molar-refractivity contribution in [3.63, 3.8) is 0 Å². The van der Waals surface area contributed by atoms with Gasteiger partial charge in [-0.15, -0.1) is 0 Å². The fourth-order valence-electron chi connectivity index (χ4n) is 1.91. The van der Waals surface area contributed by atoms with E-state index >= 15 is 0 Å². The van der Waals surface area contributed by atoms with E-state index in [1.165, 1.54) is 0 Å². The minimum Gasteiger partial charge on any atom is -0.496 e. The number of hydrogen-bond acceptors (Lipinski definition) is 2. The summed E-state index contributed by atoms with van der Waals surface area (Å²) in [5.74, 6) is 0.952. The molecule has 106 valence electrons. The maximum absolute atomic E-state index is 12.1. The number of nitrogens with one attached hydrogen (secondary N) is 1. The van der Waals surface area contributed by atoms with Gasteiger partial charge in [-0.2, -0.15) is 0 Å². The first-order valence-electron chi connectivity index (χ1n) is 6.75. The van der Waals surface area contributed by atoms with E-state index < -0.39 is 0 Å². The lowest BCUT2D eigenvalue weighted by Gasteiger charge is -2.24. The molecule has 0 saturated carbocycles. The maximum atomic E-state index is 12.1. The molecule has 1 rings (SSSR count). The van der Waals surface area contributed by atoms with Crippen LogP contribution in [0.3, 0.4) is 0 Å². The molecule has 1 atom stereocenters. The molecule has 1 aromatic carbocycles. The largest absolute Gasteiger partial charge is 0.496 e. The van der Waals surface area contributed by atoms with Crippen molar-refractivity contribution in [1.29, 1.82) is 0 Å². The molecule has 1 N–H and O–H groups in total. The highest BCUT2D eigenvalue weighted by Crippen LogP contribution is 2.25. The van der Waals surface area contributed by atoms with Gasteiger partial charge in [-0.25, -0.2) is 0 Å². The van der Waals surface area contributed by atoms with Gasteiger partial charge in [-0.05, 0) is 30.5 Å². The first-order valence-corrected chi connectivity index (χ1v) is 6.75. The van der Waals surface area contributed by atoms with Gasteiger partial charge in [0.1, 0.15) is 5.75 Å². The molecule has 19 heavy (non-hydrogen) atoms. The Kier molecular flexibility index (Phi) is 4.98. The van der Waals surface area contributed by atoms with Crippen molar-refractivity contribution in [3.05, 3.63) is 29.3 Å². The third-order valence-electron chi connectivity index (χ3n) is 3.22. The first kappa shape index (κ1) is 15.5. The molecule has 0 heterocycles. The van der Waals surface area contributed by atoms with Crippen molar-refractivity contribution in [2.24, 2.45) is 5.41 Å². The Labute approximate surface area is 116 Å². The van der Waals surface area contributed by atoms with Crippen LogP contribution in [0.4, 0.5) is 0 Å². The Hall–Kier alpha value is -1.51. The van der Waals surface area contributed by atoms with Gasteiger partial charge < -0.3 is 10.1 Å². The molecule has 3 heteroatoms. The minimum atomic E-state index is -0.366. The SMILES string of the molecule is CC[C@@H](NC(=O)C(C)(C)C)c1ccc(OC)c(C)c1. The number of methoxy groups -OCH3 is 1. The van der Waals surface area contributed by atoms with Crippen LogP contribution in [-0.2, 0) is 4.79 Å². The van der Waals surface area contributed by atoms with Crippen molar-refractivity contribution < 1.29 is 9.53 Å². The van der Waals surface area contributed by atoms with E-state index in [9.17, 15) is 4.79 Å². The number of rotatable bonds is 4. The maximum Gasteiger partial charge on any atom is 0.225 e. The molecule has 0 unspecified atom stereocenters. The average molecular weight is 263 g/mol. The van der Waals surface area contributed by atoms with Crippen molar-refractivity contribution in [3.8, 4) is 5.75 Å². The van der Waals surface area contributed by atoms with Crippen LogP contribution >= 0.6 is 0 Å². The highest BCUT2D eigenvalue weighted by molar-refractivity contribution is 5.81. The molecular formula is C16H25NO2. The smallest absolute Gasteiger partial charge is 0.225 e. The van der Waals surface area contributed by atoms with E-state index in [1.807, 2.05) is 39.8 Å². The van der Waals surface area contributed by atoms with Gasteiger partial charge in [0.15, 0.2) is 0 Å². The van der Waals surface area contributed by atoms with E-state index in [-0.39, 0.29) is 17.4 Å². The van der Waals surface area contributed by atoms with Crippen LogP contribution in [0.1, 0.15) is 51.3 Å². The van der Waals surface area contributed by atoms with Crippen LogP contribution in [0.5, 0.6) is 5.75 Å². The van der Waals surface area contributed by atoms with E-state index in [2.05, 4.69) is 18.3 Å². The fraction of sp³-hybridized carbons (Fsp3) is 0.562. The molecule has 3 nitrogen and oxygen atoms in total. The Balaban J connectivity index is 2.92. The molecule has 0 spiro atoms. The van der Waals surface area contributed by atoms with Crippen molar-refractivity contribution in [2.45, 2.75) is 47.1 Å². The van der Waals surface area contributed by atoms with E-state index in [0.717, 1.165) is 23.3 Å². The topological polar surface area (TPSA) is 38.3 Å². The number of hydrogen-bond donors (Lipinski definition) is 1. The number of benzene rings is 1. The highest BCUT2D eigenvalue weighted by atomic mass is 16.5. The second kappa shape index (κ2) is 6.09. The van der Waals surface area contributed by atoms with E-state index in [0.29, 0.717) is 0 Å². The van der Waals surface area contributed by atoms with Crippen LogP contribution in [0.25, 0.3) is 0 Å². The highest BCUT2D eigenvalue weighted by Gasteiger charge is 2.24. The van der Waals surface area contributed by atoms with Gasteiger partial charge in [0.05, 0.1) is 13.2 Å². The number of ether oxygens (including phenoxy) is 1. The first-order chi connectivity index (χ1) is 8.79. The molecule has 0 saturated heterocycles. The summed E-state index contributed by atoms with van der Waals surface area (Å²) in [5, 5.41) is 3.11. The lowest BCUT2D eigenvalue weighted by Crippen LogP contribution is -2.37. The number of carbonyl (C=O) groups excluding carboxylic acids is 1. The molecule has 0 aromatic heterocycles. The fourth-order valence-corrected chi connectivity index (χ4v) is 1.91. The number of aryl methyl sites for hydroxylation is 1. The molecular weight excluding hydrogens is 238 g/mol. The van der Waals surface area contributed by atoms with E-state index in [1.54, 1.807) is 7.11 Å². The van der Waals surface area contributed by atoms with Crippen molar-refractivity contribution in [2.75, 3.05) is 7.11 Å². The normalized spacial score (nSPS) is 12.9. The van der Waals surface area contributed by atoms with Gasteiger partial charge in [-0.3, -0.25) is 4.79 Å². The van der Waals surface area contributed by atoms with Gasteiger partial charge in [-0.1, -0.05) is 39.8 Å². The third kappa shape index (κ3) is 3.98. The van der Waals surface area contributed by atoms with Crippen LogP contribution in [-0.4, -0.2) is 13.0 Å². The van der Waals surface area contributed by atoms with Crippen LogP contribution < -0.4 is 10.1 Å². The molecule has 0 aliphatic carbocycles. The summed E-state index contributed by atoms with van der Waals surface area (Å²) in [4.78, 5) is 12.1. The second-order valence-corrected chi connectivity index (χ2v) is 5.91. The molecule has 1 aromatic rings. The quantitative estimate of drug-likeness (QED) is 0.901. The van der Waals surface area contributed by atoms with Crippen molar-refractivity contribution in [1.82, 2.24) is 5.32 Å². The molecule has 0 radical (unpaired) electrons. The lowest BCUT2D eigenvalue weighted by molar-refractivity contribution is -0.129. The number of amides is 1. The third-order valence-corrected chi connectivity index (χ3v) is 3.22. The monoisotopic (exact) mass is 263 g/mol. The van der Waals surface area contributed by atoms with Crippen LogP contribution in [0.2, 0.25) is 0 Å². The number of carbonyl (C=O) groups is 1. The van der Waals surface area contributed by atoms with E-state index in [4.69, 9.17) is 4.74 Å². The minimum absolute atomic E-state index is 0.0522. The Morgan fingerprint density at radius 1 is 1.37 bits per heavy atom. The molecule has 1 amide bonds. The Bertz CT molecular complexity index is 447. The molecule has 0 aliphatic rings. The summed E-state index contributed by atoms with van der Waals surface area (Å²) in [6.45, 7) is 9.87. The Morgan fingerprint density at radius 3 is 2.42 bits per heavy atom. The molecule has 0 bridgehead atoms. The molecule has 0 fully saturated rings. The van der Waals surface area contributed by atoms with Crippen LogP contribution in [0, 0.1) is 12.3 Å². The zero-order valence-electron chi connectivity index (χ0n) is 12.8. The van der Waals surface area contributed by atoms with Gasteiger partial charge >= 0.3 is 0 Å². The zero-order valence-corrected chi connectivity index (χ0v) is 12.8. The van der Waals surface area contributed by atoms with Gasteiger partial charge in [0, 0.05) is 5.41 Å². The zero-order chi connectivity index (χ0) is 14.6. The van der Waals surface area contributed by atoms with Gasteiger partial charge in [0.25, 0.3) is 0 Å². The summed E-state index contributed by atoms with van der Waals surface area (Å²) in [5.41, 5.74) is 1.84. The van der Waals surface area contributed by atoms with Gasteiger partial charge in [0.2, 0.25) is 5.91 Å². The average Bonchev–Trinajstić information content (AvgIpc) is 2.34. The molecule has 0 aliphatic heterocycles. The summed E-state index contributed by atoms with van der Waals surface area (Å²) < 4.78 is 5.26. The predicted molar refractivity (Wildman–Crippen MR) is 78.4 cm³/mol. The summed E-state index contributed by atoms with van der Waals surface area (Å²) in [6.07, 6.45) is 0.869. The second-order valence-electron chi connectivity index (χ2n) is 5.91. The summed E-state index contributed by atoms with van der Waals surface area (Å²) in [7, 11) is 1.67.